The van der Waals surface area contributed by atoms with Crippen LogP contribution in [0.1, 0.15) is 12.0 Å². The van der Waals surface area contributed by atoms with Gasteiger partial charge in [0.15, 0.2) is 0 Å². The van der Waals surface area contributed by atoms with Crippen molar-refractivity contribution < 1.29 is 14.3 Å². The van der Waals surface area contributed by atoms with Gasteiger partial charge in [-0.2, -0.15) is 5.26 Å². The first-order valence-electron chi connectivity index (χ1n) is 4.99. The summed E-state index contributed by atoms with van der Waals surface area (Å²) in [5.41, 5.74) is 0.584. The normalized spacial score (nSPS) is 9.47. The lowest BCUT2D eigenvalue weighted by atomic mass is 10.2. The maximum absolute atomic E-state index is 11.0. The van der Waals surface area contributed by atoms with Crippen molar-refractivity contribution >= 4 is 17.7 Å². The fraction of sp³-hybridized carbons (Fsp3) is 0.333. The minimum Gasteiger partial charge on any atom is -0.497 e. The van der Waals surface area contributed by atoms with E-state index in [1.807, 2.05) is 0 Å². The van der Waals surface area contributed by atoms with Gasteiger partial charge >= 0.3 is 5.97 Å². The molecule has 0 bridgehead atoms. The van der Waals surface area contributed by atoms with Crippen LogP contribution in [0.4, 0.5) is 0 Å². The maximum Gasteiger partial charge on any atom is 0.306 e. The van der Waals surface area contributed by atoms with E-state index in [1.165, 1.54) is 18.9 Å². The number of carbonyl (C=O) groups excluding carboxylic acids is 1. The Morgan fingerprint density at radius 2 is 2.24 bits per heavy atom. The average Bonchev–Trinajstić information content (AvgIpc) is 2.38. The molecule has 0 fully saturated rings. The molecule has 0 saturated heterocycles. The Bertz CT molecular complexity index is 440. The topological polar surface area (TPSA) is 59.3 Å². The number of esters is 1. The van der Waals surface area contributed by atoms with E-state index < -0.39 is 0 Å². The predicted molar refractivity (Wildman–Crippen MR) is 65.1 cm³/mol. The first-order chi connectivity index (χ1) is 8.21. The van der Waals surface area contributed by atoms with E-state index in [-0.39, 0.29) is 5.97 Å². The molecule has 0 radical (unpaired) electrons. The van der Waals surface area contributed by atoms with Gasteiger partial charge in [0.1, 0.15) is 11.8 Å². The van der Waals surface area contributed by atoms with E-state index in [4.69, 9.17) is 10.00 Å². The predicted octanol–water partition coefficient (Wildman–Crippen LogP) is 2.22. The van der Waals surface area contributed by atoms with Crippen molar-refractivity contribution in [1.82, 2.24) is 0 Å². The highest BCUT2D eigenvalue weighted by Crippen LogP contribution is 2.27. The summed E-state index contributed by atoms with van der Waals surface area (Å²) in [6, 6.07) is 7.35. The van der Waals surface area contributed by atoms with Crippen molar-refractivity contribution in [2.75, 3.05) is 20.0 Å². The van der Waals surface area contributed by atoms with Crippen molar-refractivity contribution in [2.45, 2.75) is 11.3 Å². The third-order valence-corrected chi connectivity index (χ3v) is 3.16. The molecule has 0 aromatic heterocycles. The van der Waals surface area contributed by atoms with Gasteiger partial charge in [-0.15, -0.1) is 11.8 Å². The molecule has 0 saturated carbocycles. The third-order valence-electron chi connectivity index (χ3n) is 2.10. The first-order valence-corrected chi connectivity index (χ1v) is 5.97. The Morgan fingerprint density at radius 3 is 2.82 bits per heavy atom. The smallest absolute Gasteiger partial charge is 0.306 e. The summed E-state index contributed by atoms with van der Waals surface area (Å²) < 4.78 is 9.64. The molecule has 1 aromatic carbocycles. The van der Waals surface area contributed by atoms with Gasteiger partial charge in [0.25, 0.3) is 0 Å². The summed E-state index contributed by atoms with van der Waals surface area (Å²) in [5, 5.41) is 8.94. The van der Waals surface area contributed by atoms with Gasteiger partial charge in [-0.25, -0.2) is 0 Å². The number of carbonyl (C=O) groups is 1. The van der Waals surface area contributed by atoms with Crippen molar-refractivity contribution in [3.63, 3.8) is 0 Å². The number of hydrogen-bond donors (Lipinski definition) is 0. The van der Waals surface area contributed by atoms with Crippen LogP contribution >= 0.6 is 11.8 Å². The van der Waals surface area contributed by atoms with E-state index >= 15 is 0 Å². The molecule has 0 unspecified atom stereocenters. The third kappa shape index (κ3) is 4.00. The summed E-state index contributed by atoms with van der Waals surface area (Å²) in [7, 11) is 2.93. The van der Waals surface area contributed by atoms with Crippen LogP contribution < -0.4 is 4.74 Å². The molecule has 0 spiro atoms. The number of nitrogens with zero attached hydrogens (tertiary/aromatic N) is 1. The van der Waals surface area contributed by atoms with Crippen LogP contribution in [0.2, 0.25) is 0 Å². The van der Waals surface area contributed by atoms with E-state index in [9.17, 15) is 4.79 Å². The van der Waals surface area contributed by atoms with Gasteiger partial charge in [0.05, 0.1) is 26.2 Å². The standard InChI is InChI=1S/C12H13NO3S/c1-15-10-4-3-9(8-13)11(7-10)17-6-5-12(14)16-2/h3-4,7H,5-6H2,1-2H3. The quantitative estimate of drug-likeness (QED) is 0.593. The lowest BCUT2D eigenvalue weighted by molar-refractivity contribution is -0.140. The lowest BCUT2D eigenvalue weighted by Crippen LogP contribution is -2.01. The average molecular weight is 251 g/mol. The van der Waals surface area contributed by atoms with Gasteiger partial charge in [-0.1, -0.05) is 0 Å². The minimum atomic E-state index is -0.251. The number of hydrogen-bond acceptors (Lipinski definition) is 5. The van der Waals surface area contributed by atoms with Crippen LogP contribution in [0.15, 0.2) is 23.1 Å². The van der Waals surface area contributed by atoms with Crippen LogP contribution in [0.3, 0.4) is 0 Å². The second-order valence-corrected chi connectivity index (χ2v) is 4.29. The molecule has 4 nitrogen and oxygen atoms in total. The Balaban J connectivity index is 2.68. The Kier molecular flexibility index (Phi) is 5.37. The van der Waals surface area contributed by atoms with Gasteiger partial charge in [0.2, 0.25) is 0 Å². The molecule has 0 aliphatic heterocycles. The molecule has 5 heteroatoms. The first kappa shape index (κ1) is 13.4. The number of thioether (sulfide) groups is 1. The van der Waals surface area contributed by atoms with Crippen LogP contribution in [-0.2, 0) is 9.53 Å². The van der Waals surface area contributed by atoms with E-state index in [0.717, 1.165) is 4.90 Å². The number of rotatable bonds is 5. The van der Waals surface area contributed by atoms with Crippen LogP contribution in [-0.4, -0.2) is 25.9 Å². The van der Waals surface area contributed by atoms with Crippen molar-refractivity contribution in [3.05, 3.63) is 23.8 Å². The number of nitriles is 1. The Morgan fingerprint density at radius 1 is 1.47 bits per heavy atom. The summed E-state index contributed by atoms with van der Waals surface area (Å²) in [5.74, 6) is 1.03. The summed E-state index contributed by atoms with van der Waals surface area (Å²) in [6.07, 6.45) is 0.323. The molecule has 0 heterocycles. The maximum atomic E-state index is 11.0. The van der Waals surface area contributed by atoms with Gasteiger partial charge in [-0.05, 0) is 18.2 Å². The number of methoxy groups -OCH3 is 2. The molecule has 1 aromatic rings. The molecule has 17 heavy (non-hydrogen) atoms. The van der Waals surface area contributed by atoms with E-state index in [2.05, 4.69) is 10.8 Å². The monoisotopic (exact) mass is 251 g/mol. The molecule has 90 valence electrons. The minimum absolute atomic E-state index is 0.251. The number of ether oxygens (including phenoxy) is 2. The summed E-state index contributed by atoms with van der Waals surface area (Å²) >= 11 is 1.44. The zero-order chi connectivity index (χ0) is 12.7. The fourth-order valence-electron chi connectivity index (χ4n) is 1.19. The van der Waals surface area contributed by atoms with E-state index in [0.29, 0.717) is 23.5 Å². The highest BCUT2D eigenvalue weighted by atomic mass is 32.2. The highest BCUT2D eigenvalue weighted by molar-refractivity contribution is 7.99. The molecule has 0 N–H and O–H groups in total. The van der Waals surface area contributed by atoms with Gasteiger partial charge < -0.3 is 9.47 Å². The largest absolute Gasteiger partial charge is 0.497 e. The van der Waals surface area contributed by atoms with Crippen LogP contribution in [0.5, 0.6) is 5.75 Å². The molecule has 0 amide bonds. The zero-order valence-electron chi connectivity index (χ0n) is 9.73. The molecule has 0 aliphatic carbocycles. The Labute approximate surface area is 105 Å². The Hall–Kier alpha value is -1.67. The molecular formula is C12H13NO3S. The number of benzene rings is 1. The van der Waals surface area contributed by atoms with E-state index in [1.54, 1.807) is 25.3 Å². The lowest BCUT2D eigenvalue weighted by Gasteiger charge is -2.06. The SMILES string of the molecule is COC(=O)CCSc1cc(OC)ccc1C#N. The van der Waals surface area contributed by atoms with Crippen molar-refractivity contribution in [2.24, 2.45) is 0 Å². The van der Waals surface area contributed by atoms with Crippen molar-refractivity contribution in [3.8, 4) is 11.8 Å². The zero-order valence-corrected chi connectivity index (χ0v) is 10.5. The highest BCUT2D eigenvalue weighted by Gasteiger charge is 2.06. The van der Waals surface area contributed by atoms with Gasteiger partial charge in [0, 0.05) is 10.6 Å². The fourth-order valence-corrected chi connectivity index (χ4v) is 2.15. The second kappa shape index (κ2) is 6.81. The summed E-state index contributed by atoms with van der Waals surface area (Å²) in [6.45, 7) is 0. The molecular weight excluding hydrogens is 238 g/mol. The van der Waals surface area contributed by atoms with Crippen LogP contribution in [0.25, 0.3) is 0 Å². The van der Waals surface area contributed by atoms with Crippen molar-refractivity contribution in [1.29, 1.82) is 5.26 Å². The molecule has 1 rings (SSSR count). The molecule has 0 aliphatic rings. The van der Waals surface area contributed by atoms with Gasteiger partial charge in [-0.3, -0.25) is 4.79 Å². The summed E-state index contributed by atoms with van der Waals surface area (Å²) in [4.78, 5) is 11.8. The second-order valence-electron chi connectivity index (χ2n) is 3.15. The van der Waals surface area contributed by atoms with Crippen LogP contribution in [0, 0.1) is 11.3 Å². The molecule has 0 atom stereocenters.